The van der Waals surface area contributed by atoms with Crippen molar-refractivity contribution in [2.45, 2.75) is 104 Å². The summed E-state index contributed by atoms with van der Waals surface area (Å²) in [6, 6.07) is 80.7. The normalized spacial score (nSPS) is 21.4. The van der Waals surface area contributed by atoms with Crippen LogP contribution in [0.5, 0.6) is 23.0 Å². The molecule has 632 valence electrons. The Morgan fingerprint density at radius 1 is 0.392 bits per heavy atom. The predicted octanol–water partition coefficient (Wildman–Crippen LogP) is 24.5. The summed E-state index contributed by atoms with van der Waals surface area (Å²) in [5, 5.41) is 69.2. The number of carbonyl (C=O) groups excluding carboxylic acids is 1. The molecule has 0 bridgehead atoms. The zero-order valence-corrected chi connectivity index (χ0v) is 71.3. The van der Waals surface area contributed by atoms with Gasteiger partial charge >= 0.3 is 5.97 Å². The number of nitrogens with zero attached hydrogens (tertiary/aromatic N) is 6. The monoisotopic (exact) mass is 1650 g/mol. The smallest absolute Gasteiger partial charge is 0.310 e. The van der Waals surface area contributed by atoms with Gasteiger partial charge in [-0.3, -0.25) is 4.79 Å². The van der Waals surface area contributed by atoms with E-state index < -0.39 is 0 Å². The Bertz CT molecular complexity index is 6250. The molecule has 18 rings (SSSR count). The van der Waals surface area contributed by atoms with Crippen molar-refractivity contribution < 1.29 is 39.4 Å². The number of hydrogen-bond donors (Lipinski definition) is 4. The highest BCUT2D eigenvalue weighted by atomic mass is 16.5. The van der Waals surface area contributed by atoms with Crippen molar-refractivity contribution in [3.8, 4) is 45.3 Å². The second-order valence-corrected chi connectivity index (χ2v) is 35.2. The largest absolute Gasteiger partial charge is 0.507 e. The maximum atomic E-state index is 13.3. The van der Waals surface area contributed by atoms with Crippen LogP contribution in [0.2, 0.25) is 0 Å². The second-order valence-electron chi connectivity index (χ2n) is 35.2. The van der Waals surface area contributed by atoms with Crippen LogP contribution in [-0.4, -0.2) is 76.2 Å². The number of hydrogen-bond acceptors (Lipinski definition) is 12. The van der Waals surface area contributed by atoms with Crippen molar-refractivity contribution in [3.05, 3.63) is 373 Å². The van der Waals surface area contributed by atoms with Gasteiger partial charge in [0, 0.05) is 22.3 Å². The molecule has 4 aliphatic rings. The van der Waals surface area contributed by atoms with Crippen molar-refractivity contribution in [2.75, 3.05) is 19.8 Å². The van der Waals surface area contributed by atoms with Crippen molar-refractivity contribution >= 4 is 61.2 Å². The molecule has 14 nitrogen and oxygen atoms in total. The van der Waals surface area contributed by atoms with Gasteiger partial charge in [-0.15, -0.1) is 23.4 Å². The summed E-state index contributed by atoms with van der Waals surface area (Å²) in [6.07, 6.45) is 35.9. The third kappa shape index (κ3) is 20.4. The second kappa shape index (κ2) is 39.2. The number of esters is 1. The summed E-state index contributed by atoms with van der Waals surface area (Å²) in [4.78, 5) is 13.3. The van der Waals surface area contributed by atoms with E-state index in [-0.39, 0.29) is 47.2 Å². The Morgan fingerprint density at radius 3 is 1.26 bits per heavy atom. The van der Waals surface area contributed by atoms with Crippen LogP contribution in [0.15, 0.2) is 317 Å². The van der Waals surface area contributed by atoms with Gasteiger partial charge in [-0.1, -0.05) is 301 Å². The molecule has 4 saturated carbocycles. The van der Waals surface area contributed by atoms with Crippen LogP contribution in [0.1, 0.15) is 113 Å². The number of fused-ring (bicyclic) bond motifs is 4. The number of rotatable bonds is 29. The van der Waals surface area contributed by atoms with Crippen LogP contribution < -0.4 is 0 Å². The predicted molar refractivity (Wildman–Crippen MR) is 503 cm³/mol. The highest BCUT2D eigenvalue weighted by Gasteiger charge is 2.38. The third-order valence-corrected chi connectivity index (χ3v) is 26.5. The molecular weight excluding hydrogens is 1550 g/mol. The fourth-order valence-electron chi connectivity index (χ4n) is 19.9. The molecule has 0 aliphatic heterocycles. The first-order chi connectivity index (χ1) is 61.1. The van der Waals surface area contributed by atoms with E-state index in [1.54, 1.807) is 24.3 Å². The number of phenols is 4. The molecule has 12 aromatic carbocycles. The van der Waals surface area contributed by atoms with E-state index in [0.717, 1.165) is 111 Å². The minimum Gasteiger partial charge on any atom is -0.507 e. The van der Waals surface area contributed by atoms with Crippen molar-refractivity contribution in [1.82, 2.24) is 30.0 Å². The van der Waals surface area contributed by atoms with E-state index in [9.17, 15) is 25.2 Å². The zero-order chi connectivity index (χ0) is 85.7. The highest BCUT2D eigenvalue weighted by Crippen LogP contribution is 2.51. The number of phenolic OH excluding ortho intramolecular Hbond substituents is 4. The number of ether oxygens (including phenoxy) is 3. The minimum atomic E-state index is -0.266. The number of aromatic hydroxyl groups is 4. The number of benzene rings is 12. The molecule has 4 fully saturated rings. The van der Waals surface area contributed by atoms with E-state index in [1.807, 2.05) is 125 Å². The molecule has 0 spiro atoms. The van der Waals surface area contributed by atoms with Gasteiger partial charge in [0.25, 0.3) is 0 Å². The van der Waals surface area contributed by atoms with Gasteiger partial charge in [-0.25, -0.2) is 9.36 Å². The van der Waals surface area contributed by atoms with E-state index in [4.69, 9.17) is 14.2 Å². The van der Waals surface area contributed by atoms with Crippen LogP contribution in [0.25, 0.3) is 77.5 Å². The maximum absolute atomic E-state index is 13.3. The van der Waals surface area contributed by atoms with Crippen LogP contribution in [0, 0.1) is 78.9 Å². The molecule has 0 amide bonds. The molecule has 12 unspecified atom stereocenters. The quantitative estimate of drug-likeness (QED) is 0.0257. The molecule has 2 aromatic heterocycles. The van der Waals surface area contributed by atoms with Gasteiger partial charge in [0.05, 0.1) is 64.9 Å². The molecule has 0 radical (unpaired) electrons. The van der Waals surface area contributed by atoms with Crippen molar-refractivity contribution in [3.63, 3.8) is 0 Å². The average Bonchev–Trinajstić information content (AvgIpc) is 1.71. The zero-order valence-electron chi connectivity index (χ0n) is 71.3. The SMILES string of the molecule is C=CC1CC(/C=C/C2CC(/C=C/c3ccccc3)C(COCc3cn(Cc4ccc(C)cc4)nn3)C2)CC1COC(=O)Cc1ccc2c(-c3c(O)ccc4ccccc34)c(O)ccc2c1.C=CC1CC(/C=C/C2CC(/C=C/c3ccccc3)C(COCc3cn(Cc4ccc(C)cc4)nn3)C2)CC1c1ccc2c(-c3c(O)ccc4ccccc34)c(O)ccc2c1. The number of allylic oxidation sites excluding steroid dienone is 8. The summed E-state index contributed by atoms with van der Waals surface area (Å²) in [5.41, 5.74) is 13.6. The van der Waals surface area contributed by atoms with Crippen molar-refractivity contribution in [1.29, 1.82) is 0 Å². The first kappa shape index (κ1) is 84.2. The van der Waals surface area contributed by atoms with Crippen LogP contribution >= 0.6 is 0 Å². The fourth-order valence-corrected chi connectivity index (χ4v) is 19.9. The first-order valence-electron chi connectivity index (χ1n) is 44.4. The Morgan fingerprint density at radius 2 is 0.784 bits per heavy atom. The first-order valence-corrected chi connectivity index (χ1v) is 44.4. The summed E-state index contributed by atoms with van der Waals surface area (Å²) < 4.78 is 22.4. The Labute approximate surface area is 732 Å². The number of carbonyl (C=O) groups is 1. The molecule has 0 saturated heterocycles. The lowest BCUT2D eigenvalue weighted by Gasteiger charge is -2.19. The van der Waals surface area contributed by atoms with Gasteiger partial charge in [0.1, 0.15) is 34.4 Å². The van der Waals surface area contributed by atoms with E-state index in [1.165, 1.54) is 38.9 Å². The lowest BCUT2D eigenvalue weighted by atomic mass is 9.86. The topological polar surface area (TPSA) is 187 Å². The standard InChI is InChI=1S/C57H57N3O5.C54H53N3O3/c1-3-44-27-41(31-49(44)36-65-55(63)32-43-20-24-52-47(29-43)23-26-54(62)57(52)56-51-12-8-7-11-45(51)22-25-53(56)61)17-18-42-28-46(21-19-39-9-5-4-6-10-39)48(30-42)35-64-37-50-34-60(59-58-50)33-40-15-13-38(2)14-16-40;1-3-41-27-40(30-50(41)45-21-24-49-44(31-45)23-26-52(59)54(49)53-48-12-8-7-11-42(48)22-25-51(53)58)18-17-39-28-43(20-19-37-9-5-4-6-10-37)46(29-39)34-60-35-47-33-57(56-55-47)32-38-15-13-36(2)14-16-38/h3-26,29,34,41-42,44,46,48-49,61-62H,1,27-28,30-33,35-37H2,2H3;3-26,31,33,39-41,43,46,50,58-59H,1,27-30,32,34-35H2,2H3/b18-17+,21-19+;18-17+,20-19+. The number of aromatic nitrogens is 6. The van der Waals surface area contributed by atoms with E-state index >= 15 is 0 Å². The summed E-state index contributed by atoms with van der Waals surface area (Å²) >= 11 is 0. The van der Waals surface area contributed by atoms with Crippen LogP contribution in [0.4, 0.5) is 0 Å². The molecule has 4 N–H and O–H groups in total. The van der Waals surface area contributed by atoms with Crippen LogP contribution in [0.3, 0.4) is 0 Å². The van der Waals surface area contributed by atoms with Gasteiger partial charge in [0.15, 0.2) is 0 Å². The van der Waals surface area contributed by atoms with E-state index in [0.29, 0.717) is 128 Å². The number of aryl methyl sites for hydroxylation is 2. The van der Waals surface area contributed by atoms with Gasteiger partial charge in [-0.2, -0.15) is 0 Å². The minimum absolute atomic E-state index is 0.0826. The Hall–Kier alpha value is -13.0. The van der Waals surface area contributed by atoms with Crippen LogP contribution in [-0.2, 0) is 51.7 Å². The molecule has 14 heteroatoms. The fraction of sp³-hybridized carbons (Fsp3) is 0.270. The molecule has 4 aliphatic carbocycles. The lowest BCUT2D eigenvalue weighted by Crippen LogP contribution is -2.17. The lowest BCUT2D eigenvalue weighted by molar-refractivity contribution is -0.144. The molecule has 125 heavy (non-hydrogen) atoms. The highest BCUT2D eigenvalue weighted by molar-refractivity contribution is 6.11. The molecular formula is C111H110N6O8. The molecule has 14 aromatic rings. The van der Waals surface area contributed by atoms with Gasteiger partial charge in [-0.05, 0) is 237 Å². The summed E-state index contributed by atoms with van der Waals surface area (Å²) in [5.74, 6) is 4.86. The third-order valence-electron chi connectivity index (χ3n) is 26.5. The summed E-state index contributed by atoms with van der Waals surface area (Å²) in [7, 11) is 0. The average molecular weight is 1660 g/mol. The van der Waals surface area contributed by atoms with E-state index in [2.05, 4.69) is 224 Å². The van der Waals surface area contributed by atoms with Gasteiger partial charge < -0.3 is 34.6 Å². The van der Waals surface area contributed by atoms with Gasteiger partial charge in [0.2, 0.25) is 0 Å². The maximum Gasteiger partial charge on any atom is 0.310 e. The summed E-state index contributed by atoms with van der Waals surface area (Å²) in [6.45, 7) is 16.6. The Kier molecular flexibility index (Phi) is 26.4. The Balaban J connectivity index is 0.000000177. The molecule has 2 heterocycles. The van der Waals surface area contributed by atoms with Crippen molar-refractivity contribution in [2.24, 2.45) is 65.1 Å². The molecule has 12 atom stereocenters.